The molecule has 0 aliphatic rings. The topological polar surface area (TPSA) is 53.1 Å². The summed E-state index contributed by atoms with van der Waals surface area (Å²) in [7, 11) is 0. The Labute approximate surface area is 114 Å². The zero-order valence-corrected chi connectivity index (χ0v) is 11.5. The van der Waals surface area contributed by atoms with Crippen LogP contribution in [-0.2, 0) is 6.54 Å². The highest BCUT2D eigenvalue weighted by Gasteiger charge is 2.07. The van der Waals surface area contributed by atoms with E-state index in [0.717, 1.165) is 17.9 Å². The Hall–Kier alpha value is -1.81. The predicted octanol–water partition coefficient (Wildman–Crippen LogP) is 2.62. The summed E-state index contributed by atoms with van der Waals surface area (Å²) in [5.41, 5.74) is 7.25. The lowest BCUT2D eigenvalue weighted by Gasteiger charge is -2.13. The summed E-state index contributed by atoms with van der Waals surface area (Å²) < 4.78 is 7.49. The van der Waals surface area contributed by atoms with Crippen LogP contribution in [0.5, 0.6) is 5.75 Å². The van der Waals surface area contributed by atoms with Gasteiger partial charge in [0.1, 0.15) is 5.75 Å². The highest BCUT2D eigenvalue weighted by atomic mass is 16.5. The molecule has 0 saturated heterocycles. The number of nitrogens with two attached hydrogens (primary N) is 1. The van der Waals surface area contributed by atoms with Crippen molar-refractivity contribution in [1.82, 2.24) is 9.78 Å². The Morgan fingerprint density at radius 1 is 1.26 bits per heavy atom. The van der Waals surface area contributed by atoms with E-state index in [4.69, 9.17) is 10.5 Å². The number of nitrogens with zero attached hydrogens (tertiary/aromatic N) is 2. The van der Waals surface area contributed by atoms with Crippen molar-refractivity contribution in [3.63, 3.8) is 0 Å². The second-order valence-electron chi connectivity index (χ2n) is 5.11. The van der Waals surface area contributed by atoms with Gasteiger partial charge in [0.15, 0.2) is 0 Å². The summed E-state index contributed by atoms with van der Waals surface area (Å²) in [4.78, 5) is 0. The van der Waals surface area contributed by atoms with Crippen molar-refractivity contribution >= 4 is 0 Å². The molecule has 0 fully saturated rings. The smallest absolute Gasteiger partial charge is 0.119 e. The predicted molar refractivity (Wildman–Crippen MR) is 75.9 cm³/mol. The van der Waals surface area contributed by atoms with Crippen molar-refractivity contribution < 1.29 is 4.74 Å². The van der Waals surface area contributed by atoms with E-state index in [0.29, 0.717) is 12.5 Å². The average molecular weight is 259 g/mol. The number of ether oxygens (including phenoxy) is 1. The Morgan fingerprint density at radius 2 is 2.00 bits per heavy atom. The lowest BCUT2D eigenvalue weighted by atomic mass is 10.1. The van der Waals surface area contributed by atoms with Gasteiger partial charge in [0.05, 0.1) is 13.2 Å². The standard InChI is InChI=1S/C15H21N3O/c1-12(2)11-19-14-6-4-13(5-7-14)15(16)10-18-9-3-8-17-18/h3-9,12,15H,10-11,16H2,1-2H3. The number of benzene rings is 1. The molecule has 1 aromatic heterocycles. The van der Waals surface area contributed by atoms with E-state index in [9.17, 15) is 0 Å². The van der Waals surface area contributed by atoms with E-state index in [1.165, 1.54) is 0 Å². The van der Waals surface area contributed by atoms with Gasteiger partial charge in [-0.25, -0.2) is 0 Å². The Kier molecular flexibility index (Phi) is 4.58. The summed E-state index contributed by atoms with van der Waals surface area (Å²) in [6.07, 6.45) is 3.68. The monoisotopic (exact) mass is 259 g/mol. The Morgan fingerprint density at radius 3 is 2.58 bits per heavy atom. The fourth-order valence-corrected chi connectivity index (χ4v) is 1.79. The third-order valence-electron chi connectivity index (χ3n) is 2.83. The number of hydrogen-bond donors (Lipinski definition) is 1. The molecule has 2 aromatic rings. The van der Waals surface area contributed by atoms with Gasteiger partial charge < -0.3 is 10.5 Å². The van der Waals surface area contributed by atoms with E-state index in [1.54, 1.807) is 6.20 Å². The van der Waals surface area contributed by atoms with E-state index in [2.05, 4.69) is 18.9 Å². The first kappa shape index (κ1) is 13.6. The number of hydrogen-bond acceptors (Lipinski definition) is 3. The minimum absolute atomic E-state index is 0.0564. The average Bonchev–Trinajstić information content (AvgIpc) is 2.89. The summed E-state index contributed by atoms with van der Waals surface area (Å²) >= 11 is 0. The third-order valence-corrected chi connectivity index (χ3v) is 2.83. The Balaban J connectivity index is 1.93. The Bertz CT molecular complexity index is 477. The van der Waals surface area contributed by atoms with Gasteiger partial charge in [0.2, 0.25) is 0 Å². The molecule has 0 aliphatic heterocycles. The van der Waals surface area contributed by atoms with Crippen molar-refractivity contribution in [1.29, 1.82) is 0 Å². The molecule has 4 nitrogen and oxygen atoms in total. The lowest BCUT2D eigenvalue weighted by molar-refractivity contribution is 0.271. The molecule has 1 aromatic carbocycles. The van der Waals surface area contributed by atoms with Crippen LogP contribution in [0.25, 0.3) is 0 Å². The van der Waals surface area contributed by atoms with Crippen molar-refractivity contribution in [2.75, 3.05) is 6.61 Å². The van der Waals surface area contributed by atoms with Gasteiger partial charge in [-0.1, -0.05) is 26.0 Å². The molecule has 1 atom stereocenters. The van der Waals surface area contributed by atoms with Crippen LogP contribution in [0, 0.1) is 5.92 Å². The molecule has 1 heterocycles. The van der Waals surface area contributed by atoms with Crippen LogP contribution in [0.15, 0.2) is 42.7 Å². The second kappa shape index (κ2) is 6.38. The third kappa shape index (κ3) is 4.10. The van der Waals surface area contributed by atoms with Crippen LogP contribution in [0.2, 0.25) is 0 Å². The fourth-order valence-electron chi connectivity index (χ4n) is 1.79. The van der Waals surface area contributed by atoms with Gasteiger partial charge in [-0.15, -0.1) is 0 Å². The molecular formula is C15H21N3O. The minimum atomic E-state index is -0.0564. The van der Waals surface area contributed by atoms with Gasteiger partial charge >= 0.3 is 0 Å². The molecule has 2 N–H and O–H groups in total. The SMILES string of the molecule is CC(C)COc1ccc(C(N)Cn2cccn2)cc1. The summed E-state index contributed by atoms with van der Waals surface area (Å²) in [5, 5.41) is 4.16. The molecule has 0 bridgehead atoms. The number of rotatable bonds is 6. The van der Waals surface area contributed by atoms with Crippen molar-refractivity contribution in [2.24, 2.45) is 11.7 Å². The largest absolute Gasteiger partial charge is 0.493 e. The second-order valence-corrected chi connectivity index (χ2v) is 5.11. The van der Waals surface area contributed by atoms with Gasteiger partial charge in [-0.2, -0.15) is 5.10 Å². The molecule has 4 heteroatoms. The first-order chi connectivity index (χ1) is 9.15. The summed E-state index contributed by atoms with van der Waals surface area (Å²) in [6, 6.07) is 9.82. The molecule has 0 saturated carbocycles. The van der Waals surface area contributed by atoms with Gasteiger partial charge in [0, 0.05) is 18.4 Å². The van der Waals surface area contributed by atoms with Gasteiger partial charge in [0.25, 0.3) is 0 Å². The van der Waals surface area contributed by atoms with Crippen molar-refractivity contribution in [3.8, 4) is 5.75 Å². The van der Waals surface area contributed by atoms with E-state index in [-0.39, 0.29) is 6.04 Å². The zero-order chi connectivity index (χ0) is 13.7. The molecule has 0 spiro atoms. The van der Waals surface area contributed by atoms with Crippen molar-refractivity contribution in [2.45, 2.75) is 26.4 Å². The molecular weight excluding hydrogens is 238 g/mol. The van der Waals surface area contributed by atoms with E-state index < -0.39 is 0 Å². The number of aromatic nitrogens is 2. The first-order valence-electron chi connectivity index (χ1n) is 6.61. The maximum atomic E-state index is 6.16. The van der Waals surface area contributed by atoms with Crippen LogP contribution in [0.4, 0.5) is 0 Å². The molecule has 2 rings (SSSR count). The highest BCUT2D eigenvalue weighted by molar-refractivity contribution is 5.29. The molecule has 0 radical (unpaired) electrons. The lowest BCUT2D eigenvalue weighted by Crippen LogP contribution is -2.17. The molecule has 102 valence electrons. The van der Waals surface area contributed by atoms with Crippen molar-refractivity contribution in [3.05, 3.63) is 48.3 Å². The van der Waals surface area contributed by atoms with E-state index >= 15 is 0 Å². The maximum Gasteiger partial charge on any atom is 0.119 e. The molecule has 1 unspecified atom stereocenters. The van der Waals surface area contributed by atoms with Gasteiger partial charge in [-0.05, 0) is 29.7 Å². The quantitative estimate of drug-likeness (QED) is 0.867. The highest BCUT2D eigenvalue weighted by Crippen LogP contribution is 2.18. The van der Waals surface area contributed by atoms with Crippen LogP contribution < -0.4 is 10.5 Å². The maximum absolute atomic E-state index is 6.16. The summed E-state index contributed by atoms with van der Waals surface area (Å²) in [6.45, 7) is 5.68. The van der Waals surface area contributed by atoms with E-state index in [1.807, 2.05) is 41.2 Å². The van der Waals surface area contributed by atoms with Crippen LogP contribution in [0.1, 0.15) is 25.5 Å². The van der Waals surface area contributed by atoms with Gasteiger partial charge in [-0.3, -0.25) is 4.68 Å². The fraction of sp³-hybridized carbons (Fsp3) is 0.400. The summed E-state index contributed by atoms with van der Waals surface area (Å²) in [5.74, 6) is 1.42. The zero-order valence-electron chi connectivity index (χ0n) is 11.5. The normalized spacial score (nSPS) is 12.6. The molecule has 0 amide bonds. The van der Waals surface area contributed by atoms with Crippen LogP contribution in [0.3, 0.4) is 0 Å². The van der Waals surface area contributed by atoms with Crippen LogP contribution >= 0.6 is 0 Å². The minimum Gasteiger partial charge on any atom is -0.493 e. The molecule has 19 heavy (non-hydrogen) atoms. The first-order valence-corrected chi connectivity index (χ1v) is 6.61. The van der Waals surface area contributed by atoms with Crippen LogP contribution in [-0.4, -0.2) is 16.4 Å². The molecule has 0 aliphatic carbocycles.